The van der Waals surface area contributed by atoms with Crippen LogP contribution in [0.1, 0.15) is 47.7 Å². The highest BCUT2D eigenvalue weighted by Crippen LogP contribution is 2.23. The van der Waals surface area contributed by atoms with Crippen LogP contribution < -0.4 is 4.74 Å². The molecule has 1 aliphatic rings. The number of hydrogen-bond acceptors (Lipinski definition) is 4. The van der Waals surface area contributed by atoms with Crippen molar-refractivity contribution in [1.29, 1.82) is 0 Å². The third-order valence-electron chi connectivity index (χ3n) is 6.70. The molecular weight excluding hydrogens is 450 g/mol. The molecule has 1 atom stereocenters. The van der Waals surface area contributed by atoms with Crippen molar-refractivity contribution in [2.24, 2.45) is 0 Å². The summed E-state index contributed by atoms with van der Waals surface area (Å²) in [5.74, 6) is 0.635. The number of para-hydroxylation sites is 1. The van der Waals surface area contributed by atoms with E-state index in [1.54, 1.807) is 12.4 Å². The van der Waals surface area contributed by atoms with Crippen molar-refractivity contribution in [3.8, 4) is 5.75 Å². The van der Waals surface area contributed by atoms with E-state index in [2.05, 4.69) is 17.1 Å². The summed E-state index contributed by atoms with van der Waals surface area (Å²) in [5, 5.41) is 0. The summed E-state index contributed by atoms with van der Waals surface area (Å²) in [4.78, 5) is 35.0. The number of carbonyl (C=O) groups is 2. The van der Waals surface area contributed by atoms with Gasteiger partial charge in [-0.1, -0.05) is 48.5 Å². The second-order valence-electron chi connectivity index (χ2n) is 9.22. The van der Waals surface area contributed by atoms with E-state index < -0.39 is 0 Å². The van der Waals surface area contributed by atoms with Crippen molar-refractivity contribution < 1.29 is 14.3 Å². The lowest BCUT2D eigenvalue weighted by Crippen LogP contribution is -2.46. The molecule has 0 spiro atoms. The van der Waals surface area contributed by atoms with Gasteiger partial charge in [0.1, 0.15) is 12.4 Å². The van der Waals surface area contributed by atoms with Crippen LogP contribution >= 0.6 is 0 Å². The normalized spacial score (nSPS) is 17.2. The minimum absolute atomic E-state index is 0.00327. The van der Waals surface area contributed by atoms with Gasteiger partial charge in [0.05, 0.1) is 18.0 Å². The van der Waals surface area contributed by atoms with E-state index in [-0.39, 0.29) is 17.9 Å². The quantitative estimate of drug-likeness (QED) is 0.521. The number of nitrogens with zero attached hydrogens (tertiary/aromatic N) is 3. The Morgan fingerprint density at radius 2 is 1.69 bits per heavy atom. The van der Waals surface area contributed by atoms with Crippen LogP contribution in [0, 0.1) is 0 Å². The van der Waals surface area contributed by atoms with Gasteiger partial charge in [-0.05, 0) is 61.9 Å². The number of amides is 2. The van der Waals surface area contributed by atoms with E-state index in [9.17, 15) is 9.59 Å². The molecule has 2 aromatic carbocycles. The average molecular weight is 486 g/mol. The molecule has 6 nitrogen and oxygen atoms in total. The maximum absolute atomic E-state index is 13.6. The lowest BCUT2D eigenvalue weighted by molar-refractivity contribution is -0.133. The number of carbonyl (C=O) groups excluding carboxylic acids is 2. The molecule has 2 heterocycles. The number of pyridine rings is 1. The topological polar surface area (TPSA) is 62.7 Å². The van der Waals surface area contributed by atoms with Crippen LogP contribution in [0.3, 0.4) is 0 Å². The molecule has 0 fully saturated rings. The molecule has 2 amide bonds. The van der Waals surface area contributed by atoms with Crippen LogP contribution in [0.25, 0.3) is 0 Å². The van der Waals surface area contributed by atoms with Crippen LogP contribution in [0.2, 0.25) is 0 Å². The summed E-state index contributed by atoms with van der Waals surface area (Å²) in [6.07, 6.45) is 7.18. The Balaban J connectivity index is 1.64. The predicted molar refractivity (Wildman–Crippen MR) is 141 cm³/mol. The van der Waals surface area contributed by atoms with E-state index in [0.717, 1.165) is 30.4 Å². The van der Waals surface area contributed by atoms with Crippen molar-refractivity contribution in [3.05, 3.63) is 95.8 Å². The van der Waals surface area contributed by atoms with Gasteiger partial charge in [0.15, 0.2) is 0 Å². The zero-order valence-electron chi connectivity index (χ0n) is 21.0. The number of ether oxygens (including phenoxy) is 1. The molecule has 0 N–H and O–H groups in total. The largest absolute Gasteiger partial charge is 0.491 e. The Kier molecular flexibility index (Phi) is 9.09. The summed E-state index contributed by atoms with van der Waals surface area (Å²) in [7, 11) is 0. The highest BCUT2D eigenvalue weighted by Gasteiger charge is 2.27. The molecule has 0 unspecified atom stereocenters. The number of benzene rings is 2. The predicted octanol–water partition coefficient (Wildman–Crippen LogP) is 4.79. The van der Waals surface area contributed by atoms with Gasteiger partial charge in [0, 0.05) is 32.0 Å². The first-order valence-electron chi connectivity index (χ1n) is 12.9. The highest BCUT2D eigenvalue weighted by atomic mass is 16.5. The standard InChI is InChI=1S/C30H35N3O3/c1-2-32-18-9-4-10-19-33(29(34)21-25-14-11-17-31-22-25)26(20-24-12-5-3-6-13-24)23-36-28-16-8-7-15-27(28)30(32)35/h3,5-8,11-17,22,26H,2,4,9-10,18-21,23H2,1H3/t26-/m0/s1. The summed E-state index contributed by atoms with van der Waals surface area (Å²) in [5.41, 5.74) is 2.63. The Morgan fingerprint density at radius 3 is 2.47 bits per heavy atom. The van der Waals surface area contributed by atoms with Crippen LogP contribution in [0.5, 0.6) is 5.75 Å². The van der Waals surface area contributed by atoms with E-state index in [1.165, 1.54) is 0 Å². The van der Waals surface area contributed by atoms with Crippen molar-refractivity contribution in [1.82, 2.24) is 14.8 Å². The molecule has 0 bridgehead atoms. The highest BCUT2D eigenvalue weighted by molar-refractivity contribution is 5.97. The molecule has 0 saturated heterocycles. The Hall–Kier alpha value is -3.67. The zero-order chi connectivity index (χ0) is 25.2. The lowest BCUT2D eigenvalue weighted by Gasteiger charge is -2.32. The second-order valence-corrected chi connectivity index (χ2v) is 9.22. The molecule has 0 radical (unpaired) electrons. The second kappa shape index (κ2) is 12.9. The van der Waals surface area contributed by atoms with Gasteiger partial charge >= 0.3 is 0 Å². The van der Waals surface area contributed by atoms with Crippen molar-refractivity contribution in [2.45, 2.75) is 45.1 Å². The van der Waals surface area contributed by atoms with E-state index >= 15 is 0 Å². The van der Waals surface area contributed by atoms with E-state index in [0.29, 0.717) is 50.4 Å². The van der Waals surface area contributed by atoms with Gasteiger partial charge in [-0.15, -0.1) is 0 Å². The minimum atomic E-state index is -0.164. The first kappa shape index (κ1) is 25.4. The Labute approximate surface area is 213 Å². The van der Waals surface area contributed by atoms with E-state index in [1.807, 2.05) is 71.3 Å². The van der Waals surface area contributed by atoms with Crippen molar-refractivity contribution >= 4 is 11.8 Å². The molecule has 6 heteroatoms. The van der Waals surface area contributed by atoms with Crippen LogP contribution in [0.15, 0.2) is 79.1 Å². The molecule has 1 aliphatic heterocycles. The molecule has 4 rings (SSSR count). The number of fused-ring (bicyclic) bond motifs is 1. The molecule has 0 aliphatic carbocycles. The fourth-order valence-corrected chi connectivity index (χ4v) is 4.73. The molecule has 0 saturated carbocycles. The maximum Gasteiger partial charge on any atom is 0.257 e. The smallest absolute Gasteiger partial charge is 0.257 e. The molecule has 36 heavy (non-hydrogen) atoms. The average Bonchev–Trinajstić information content (AvgIpc) is 2.92. The molecule has 188 valence electrons. The monoisotopic (exact) mass is 485 g/mol. The van der Waals surface area contributed by atoms with Crippen LogP contribution in [0.4, 0.5) is 0 Å². The Morgan fingerprint density at radius 1 is 0.944 bits per heavy atom. The minimum Gasteiger partial charge on any atom is -0.491 e. The molecular formula is C30H35N3O3. The van der Waals surface area contributed by atoms with Gasteiger partial charge in [-0.3, -0.25) is 14.6 Å². The fraction of sp³-hybridized carbons (Fsp3) is 0.367. The Bertz CT molecular complexity index is 1120. The van der Waals surface area contributed by atoms with Crippen LogP contribution in [-0.2, 0) is 17.6 Å². The van der Waals surface area contributed by atoms with Crippen molar-refractivity contribution in [2.75, 3.05) is 26.2 Å². The van der Waals surface area contributed by atoms with E-state index in [4.69, 9.17) is 4.74 Å². The molecule has 3 aromatic rings. The summed E-state index contributed by atoms with van der Waals surface area (Å²) < 4.78 is 6.33. The number of hydrogen-bond donors (Lipinski definition) is 0. The van der Waals surface area contributed by atoms with Crippen molar-refractivity contribution in [3.63, 3.8) is 0 Å². The summed E-state index contributed by atoms with van der Waals surface area (Å²) >= 11 is 0. The molecule has 1 aromatic heterocycles. The van der Waals surface area contributed by atoms with Gasteiger partial charge < -0.3 is 14.5 Å². The van der Waals surface area contributed by atoms with Gasteiger partial charge in [-0.25, -0.2) is 0 Å². The first-order chi connectivity index (χ1) is 17.7. The van der Waals surface area contributed by atoms with Crippen LogP contribution in [-0.4, -0.2) is 58.9 Å². The fourth-order valence-electron chi connectivity index (χ4n) is 4.73. The third kappa shape index (κ3) is 6.72. The lowest BCUT2D eigenvalue weighted by atomic mass is 10.0. The summed E-state index contributed by atoms with van der Waals surface area (Å²) in [6, 6.07) is 21.3. The van der Waals surface area contributed by atoms with Gasteiger partial charge in [0.25, 0.3) is 5.91 Å². The van der Waals surface area contributed by atoms with Gasteiger partial charge in [-0.2, -0.15) is 0 Å². The van der Waals surface area contributed by atoms with Gasteiger partial charge in [0.2, 0.25) is 5.91 Å². The SMILES string of the molecule is CCN1CCCCCN(C(=O)Cc2cccnc2)[C@@H](Cc2ccccc2)COc2ccccc2C1=O. The third-order valence-corrected chi connectivity index (χ3v) is 6.70. The number of aromatic nitrogens is 1. The zero-order valence-corrected chi connectivity index (χ0v) is 21.0. The number of rotatable bonds is 5. The first-order valence-corrected chi connectivity index (χ1v) is 12.9. The maximum atomic E-state index is 13.6. The summed E-state index contributed by atoms with van der Waals surface area (Å²) in [6.45, 7) is 4.32.